The van der Waals surface area contributed by atoms with Crippen LogP contribution >= 0.6 is 0 Å². The molecular formula is C21H35N3O3. The summed E-state index contributed by atoms with van der Waals surface area (Å²) < 4.78 is 0. The molecule has 5 fully saturated rings. The smallest absolute Gasteiger partial charge is 0.221 e. The number of nitrogens with zero attached hydrogens (tertiary/aromatic N) is 1. The van der Waals surface area contributed by atoms with E-state index in [-0.39, 0.29) is 29.2 Å². The molecule has 152 valence electrons. The Hall–Kier alpha value is -1.14. The first-order valence-electron chi connectivity index (χ1n) is 10.8. The third-order valence-electron chi connectivity index (χ3n) is 8.02. The largest absolute Gasteiger partial charge is 0.390 e. The second kappa shape index (κ2) is 7.03. The Morgan fingerprint density at radius 1 is 1.19 bits per heavy atom. The molecule has 0 radical (unpaired) electrons. The van der Waals surface area contributed by atoms with Crippen molar-refractivity contribution in [3.8, 4) is 0 Å². The van der Waals surface area contributed by atoms with E-state index in [4.69, 9.17) is 5.73 Å². The lowest BCUT2D eigenvalue weighted by atomic mass is 9.46. The molecule has 4 N–H and O–H groups in total. The van der Waals surface area contributed by atoms with Crippen LogP contribution in [0, 0.1) is 23.2 Å². The Morgan fingerprint density at radius 3 is 2.37 bits per heavy atom. The number of amides is 2. The van der Waals surface area contributed by atoms with Crippen LogP contribution in [0.3, 0.4) is 0 Å². The van der Waals surface area contributed by atoms with E-state index in [0.717, 1.165) is 64.6 Å². The lowest BCUT2D eigenvalue weighted by Crippen LogP contribution is -2.61. The van der Waals surface area contributed by atoms with Crippen LogP contribution in [0.2, 0.25) is 0 Å². The number of hydrogen-bond acceptors (Lipinski definition) is 4. The van der Waals surface area contributed by atoms with Gasteiger partial charge in [-0.15, -0.1) is 0 Å². The van der Waals surface area contributed by atoms with Crippen molar-refractivity contribution in [3.05, 3.63) is 0 Å². The number of nitrogens with one attached hydrogen (secondary N) is 1. The van der Waals surface area contributed by atoms with Gasteiger partial charge in [-0.1, -0.05) is 0 Å². The van der Waals surface area contributed by atoms with Crippen LogP contribution in [0.25, 0.3) is 0 Å². The molecule has 0 aromatic carbocycles. The summed E-state index contributed by atoms with van der Waals surface area (Å²) in [5.41, 5.74) is 5.00. The molecule has 5 aliphatic rings. The molecule has 1 saturated heterocycles. The number of primary amides is 1. The number of nitrogens with two attached hydrogens (primary N) is 1. The first-order chi connectivity index (χ1) is 12.8. The molecule has 1 heterocycles. The van der Waals surface area contributed by atoms with Crippen molar-refractivity contribution in [1.29, 1.82) is 0 Å². The predicted molar refractivity (Wildman–Crippen MR) is 103 cm³/mol. The molecular weight excluding hydrogens is 342 g/mol. The van der Waals surface area contributed by atoms with Crippen molar-refractivity contribution in [2.75, 3.05) is 19.6 Å². The van der Waals surface area contributed by atoms with Crippen LogP contribution in [0.15, 0.2) is 0 Å². The van der Waals surface area contributed by atoms with Crippen molar-refractivity contribution in [3.63, 3.8) is 0 Å². The summed E-state index contributed by atoms with van der Waals surface area (Å²) in [4.78, 5) is 26.1. The summed E-state index contributed by atoms with van der Waals surface area (Å²) in [6.45, 7) is 4.58. The Bertz CT molecular complexity index is 585. The van der Waals surface area contributed by atoms with Gasteiger partial charge < -0.3 is 21.1 Å². The molecule has 4 saturated carbocycles. The molecule has 3 unspecified atom stereocenters. The quantitative estimate of drug-likeness (QED) is 0.652. The number of carbonyl (C=O) groups excluding carboxylic acids is 2. The molecule has 1 aliphatic heterocycles. The van der Waals surface area contributed by atoms with E-state index in [1.54, 1.807) is 0 Å². The third kappa shape index (κ3) is 3.88. The Balaban J connectivity index is 1.26. The summed E-state index contributed by atoms with van der Waals surface area (Å²) in [6, 6.07) is 0.128. The molecule has 0 spiro atoms. The van der Waals surface area contributed by atoms with E-state index in [0.29, 0.717) is 18.3 Å². The lowest BCUT2D eigenvalue weighted by molar-refractivity contribution is -0.173. The Kier molecular flexibility index (Phi) is 5.00. The average molecular weight is 378 g/mol. The maximum absolute atomic E-state index is 12.6. The first kappa shape index (κ1) is 19.2. The van der Waals surface area contributed by atoms with Gasteiger partial charge in [0.05, 0.1) is 5.60 Å². The highest BCUT2D eigenvalue weighted by molar-refractivity contribution is 5.77. The second-order valence-electron chi connectivity index (χ2n) is 10.1. The van der Waals surface area contributed by atoms with E-state index in [9.17, 15) is 14.7 Å². The van der Waals surface area contributed by atoms with Gasteiger partial charge in [-0.25, -0.2) is 0 Å². The van der Waals surface area contributed by atoms with Crippen LogP contribution in [-0.4, -0.2) is 53.1 Å². The van der Waals surface area contributed by atoms with E-state index in [1.807, 2.05) is 0 Å². The highest BCUT2D eigenvalue weighted by Gasteiger charge is 2.58. The zero-order valence-corrected chi connectivity index (χ0v) is 16.6. The first-order valence-corrected chi connectivity index (χ1v) is 10.8. The molecule has 2 amide bonds. The average Bonchev–Trinajstić information content (AvgIpc) is 2.58. The van der Waals surface area contributed by atoms with E-state index in [2.05, 4.69) is 17.1 Å². The fourth-order valence-corrected chi connectivity index (χ4v) is 6.96. The van der Waals surface area contributed by atoms with Crippen LogP contribution in [0.5, 0.6) is 0 Å². The summed E-state index contributed by atoms with van der Waals surface area (Å²) in [5.74, 6) is 1.20. The fraction of sp³-hybridized carbons (Fsp3) is 0.905. The summed E-state index contributed by atoms with van der Waals surface area (Å²) in [5, 5.41) is 14.2. The topological polar surface area (TPSA) is 95.7 Å². The van der Waals surface area contributed by atoms with Gasteiger partial charge in [-0.2, -0.15) is 0 Å². The van der Waals surface area contributed by atoms with Gasteiger partial charge >= 0.3 is 0 Å². The van der Waals surface area contributed by atoms with Gasteiger partial charge in [0.2, 0.25) is 11.8 Å². The number of hydrogen-bond donors (Lipinski definition) is 3. The molecule has 0 aromatic rings. The SMILES string of the molecule is CC(NC(=O)CCN1CCC(C(N)=O)CC1)C12CC3CC(CC(O)(C3)C1)C2. The molecule has 6 heteroatoms. The maximum atomic E-state index is 12.6. The predicted octanol–water partition coefficient (Wildman–Crippen LogP) is 1.41. The normalized spacial score (nSPS) is 40.1. The molecule has 4 bridgehead atoms. The lowest BCUT2D eigenvalue weighted by Gasteiger charge is -2.62. The monoisotopic (exact) mass is 377 g/mol. The Labute approximate surface area is 162 Å². The number of likely N-dealkylation sites (tertiary alicyclic amines) is 1. The zero-order valence-electron chi connectivity index (χ0n) is 16.6. The molecule has 27 heavy (non-hydrogen) atoms. The highest BCUT2D eigenvalue weighted by Crippen LogP contribution is 2.62. The minimum absolute atomic E-state index is 0.00279. The van der Waals surface area contributed by atoms with Crippen LogP contribution < -0.4 is 11.1 Å². The van der Waals surface area contributed by atoms with E-state index in [1.165, 1.54) is 6.42 Å². The fourth-order valence-electron chi connectivity index (χ4n) is 6.96. The van der Waals surface area contributed by atoms with Gasteiger partial charge in [0.25, 0.3) is 0 Å². The van der Waals surface area contributed by atoms with Gasteiger partial charge in [0, 0.05) is 24.9 Å². The van der Waals surface area contributed by atoms with E-state index < -0.39 is 5.60 Å². The minimum Gasteiger partial charge on any atom is -0.390 e. The van der Waals surface area contributed by atoms with Gasteiger partial charge in [0.1, 0.15) is 0 Å². The van der Waals surface area contributed by atoms with Crippen molar-refractivity contribution in [2.45, 2.75) is 76.4 Å². The number of aliphatic hydroxyl groups is 1. The van der Waals surface area contributed by atoms with Crippen LogP contribution in [0.1, 0.15) is 64.7 Å². The van der Waals surface area contributed by atoms with Crippen LogP contribution in [0.4, 0.5) is 0 Å². The van der Waals surface area contributed by atoms with Gasteiger partial charge in [-0.3, -0.25) is 9.59 Å². The standard InChI is InChI=1S/C21H35N3O3/c1-14(20-9-15-8-16(10-20)12-21(27,11-15)13-20)23-18(25)4-7-24-5-2-17(3-6-24)19(22)26/h14-17,27H,2-13H2,1H3,(H2,22,26)(H,23,25). The van der Waals surface area contributed by atoms with Gasteiger partial charge in [-0.05, 0) is 88.6 Å². The van der Waals surface area contributed by atoms with Crippen molar-refractivity contribution >= 4 is 11.8 Å². The molecule has 5 rings (SSSR count). The summed E-state index contributed by atoms with van der Waals surface area (Å²) >= 11 is 0. The maximum Gasteiger partial charge on any atom is 0.221 e. The molecule has 0 aromatic heterocycles. The molecule has 3 atom stereocenters. The second-order valence-corrected chi connectivity index (χ2v) is 10.1. The third-order valence-corrected chi connectivity index (χ3v) is 8.02. The van der Waals surface area contributed by atoms with Crippen molar-refractivity contribution < 1.29 is 14.7 Å². The number of piperidine rings is 1. The minimum atomic E-state index is -0.478. The van der Waals surface area contributed by atoms with Crippen LogP contribution in [-0.2, 0) is 9.59 Å². The highest BCUT2D eigenvalue weighted by atomic mass is 16.3. The molecule has 4 aliphatic carbocycles. The zero-order chi connectivity index (χ0) is 19.2. The van der Waals surface area contributed by atoms with E-state index >= 15 is 0 Å². The van der Waals surface area contributed by atoms with Crippen molar-refractivity contribution in [1.82, 2.24) is 10.2 Å². The Morgan fingerprint density at radius 2 is 1.81 bits per heavy atom. The summed E-state index contributed by atoms with van der Waals surface area (Å²) in [7, 11) is 0. The van der Waals surface area contributed by atoms with Crippen molar-refractivity contribution in [2.24, 2.45) is 28.9 Å². The van der Waals surface area contributed by atoms with Gasteiger partial charge in [0.15, 0.2) is 0 Å². The number of carbonyl (C=O) groups is 2. The molecule has 6 nitrogen and oxygen atoms in total. The summed E-state index contributed by atoms with van der Waals surface area (Å²) in [6.07, 6.45) is 8.48. The number of rotatable bonds is 6.